The maximum absolute atomic E-state index is 11.4. The smallest absolute Gasteiger partial charge is 0.372 e. The second-order valence-corrected chi connectivity index (χ2v) is 10.2. The number of ether oxygens (including phenoxy) is 1. The average molecular weight is 228 g/mol. The van der Waals surface area contributed by atoms with Gasteiger partial charge in [-0.25, -0.2) is 4.79 Å². The summed E-state index contributed by atoms with van der Waals surface area (Å²) in [5.41, 5.74) is 0. The van der Waals surface area contributed by atoms with Gasteiger partial charge in [-0.1, -0.05) is 20.8 Å². The predicted molar refractivity (Wildman–Crippen MR) is 61.9 cm³/mol. The van der Waals surface area contributed by atoms with Crippen molar-refractivity contribution in [3.63, 3.8) is 0 Å². The summed E-state index contributed by atoms with van der Waals surface area (Å²) in [7, 11) is -1.91. The fraction of sp³-hybridized carbons (Fsp3) is 0.727. The lowest BCUT2D eigenvalue weighted by atomic mass is 10.2. The van der Waals surface area contributed by atoms with Crippen LogP contribution < -0.4 is 0 Å². The molecule has 0 bridgehead atoms. The molecule has 0 aliphatic carbocycles. The van der Waals surface area contributed by atoms with Crippen molar-refractivity contribution in [2.24, 2.45) is 0 Å². The van der Waals surface area contributed by atoms with Gasteiger partial charge >= 0.3 is 5.97 Å². The van der Waals surface area contributed by atoms with Gasteiger partial charge in [-0.2, -0.15) is 0 Å². The van der Waals surface area contributed by atoms with Gasteiger partial charge in [-0.05, 0) is 25.1 Å². The van der Waals surface area contributed by atoms with Crippen LogP contribution in [0.3, 0.4) is 0 Å². The number of carbonyl (C=O) groups excluding carboxylic acids is 1. The number of cyclic esters (lactones) is 1. The van der Waals surface area contributed by atoms with Gasteiger partial charge in [0.25, 0.3) is 8.32 Å². The molecule has 1 atom stereocenters. The molecule has 0 fully saturated rings. The summed E-state index contributed by atoms with van der Waals surface area (Å²) < 4.78 is 10.9. The summed E-state index contributed by atoms with van der Waals surface area (Å²) >= 11 is 0. The Morgan fingerprint density at radius 1 is 1.40 bits per heavy atom. The predicted octanol–water partition coefficient (Wildman–Crippen LogP) is 2.84. The molecule has 1 unspecified atom stereocenters. The van der Waals surface area contributed by atoms with E-state index in [9.17, 15) is 4.79 Å². The molecule has 0 aromatic heterocycles. The van der Waals surface area contributed by atoms with E-state index < -0.39 is 8.32 Å². The van der Waals surface area contributed by atoms with Crippen LogP contribution in [0.1, 0.15) is 27.7 Å². The number of hydrogen-bond donors (Lipinski definition) is 0. The topological polar surface area (TPSA) is 35.5 Å². The minimum atomic E-state index is -1.91. The van der Waals surface area contributed by atoms with Crippen molar-refractivity contribution >= 4 is 14.3 Å². The van der Waals surface area contributed by atoms with Gasteiger partial charge in [0.2, 0.25) is 0 Å². The highest BCUT2D eigenvalue weighted by Gasteiger charge is 2.41. The molecule has 86 valence electrons. The van der Waals surface area contributed by atoms with Crippen LogP contribution in [-0.4, -0.2) is 20.4 Å². The molecule has 4 heteroatoms. The van der Waals surface area contributed by atoms with Crippen molar-refractivity contribution in [3.05, 3.63) is 11.8 Å². The third kappa shape index (κ3) is 2.62. The van der Waals surface area contributed by atoms with Crippen molar-refractivity contribution in [1.29, 1.82) is 0 Å². The van der Waals surface area contributed by atoms with Crippen LogP contribution in [0.4, 0.5) is 0 Å². The quantitative estimate of drug-likeness (QED) is 0.538. The van der Waals surface area contributed by atoms with Crippen molar-refractivity contribution in [2.75, 3.05) is 0 Å². The van der Waals surface area contributed by atoms with E-state index in [4.69, 9.17) is 9.16 Å². The third-order valence-corrected chi connectivity index (χ3v) is 7.39. The van der Waals surface area contributed by atoms with Gasteiger partial charge in [-0.3, -0.25) is 0 Å². The van der Waals surface area contributed by atoms with Crippen LogP contribution in [0.2, 0.25) is 18.1 Å². The number of hydrogen-bond acceptors (Lipinski definition) is 3. The lowest BCUT2D eigenvalue weighted by Crippen LogP contribution is -2.41. The maximum atomic E-state index is 11.4. The van der Waals surface area contributed by atoms with E-state index in [0.717, 1.165) is 0 Å². The molecule has 0 saturated heterocycles. The zero-order valence-corrected chi connectivity index (χ0v) is 11.4. The highest BCUT2D eigenvalue weighted by atomic mass is 28.4. The zero-order chi connectivity index (χ0) is 11.9. The van der Waals surface area contributed by atoms with E-state index in [1.165, 1.54) is 0 Å². The Morgan fingerprint density at radius 2 is 1.93 bits per heavy atom. The zero-order valence-electron chi connectivity index (χ0n) is 10.4. The summed E-state index contributed by atoms with van der Waals surface area (Å²) in [6.45, 7) is 12.5. The second-order valence-electron chi connectivity index (χ2n) is 5.50. The first-order valence-corrected chi connectivity index (χ1v) is 8.16. The van der Waals surface area contributed by atoms with Crippen molar-refractivity contribution < 1.29 is 14.0 Å². The normalized spacial score (nSPS) is 22.4. The SMILES string of the molecule is CC1C=C(O[Si](C)(C)C(C)(C)C)C(=O)O1. The molecular formula is C11H20O3Si. The number of rotatable bonds is 2. The van der Waals surface area contributed by atoms with Gasteiger partial charge in [0, 0.05) is 6.08 Å². The molecule has 1 aliphatic heterocycles. The summed E-state index contributed by atoms with van der Waals surface area (Å²) in [4.78, 5) is 11.4. The molecule has 1 aliphatic rings. The Labute approximate surface area is 92.6 Å². The Bertz CT molecular complexity index is 299. The first kappa shape index (κ1) is 12.3. The molecule has 15 heavy (non-hydrogen) atoms. The Hall–Kier alpha value is -0.773. The van der Waals surface area contributed by atoms with Crippen LogP contribution in [0.25, 0.3) is 0 Å². The van der Waals surface area contributed by atoms with Gasteiger partial charge in [0.15, 0.2) is 5.76 Å². The highest BCUT2D eigenvalue weighted by Crippen LogP contribution is 2.38. The Balaban J connectivity index is 2.79. The summed E-state index contributed by atoms with van der Waals surface area (Å²) in [5.74, 6) is 0.0708. The fourth-order valence-electron chi connectivity index (χ4n) is 1.05. The second kappa shape index (κ2) is 3.67. The Kier molecular flexibility index (Phi) is 3.00. The molecule has 3 nitrogen and oxygen atoms in total. The molecule has 0 amide bonds. The minimum Gasteiger partial charge on any atom is -0.539 e. The van der Waals surface area contributed by atoms with Crippen LogP contribution in [-0.2, 0) is 14.0 Å². The maximum Gasteiger partial charge on any atom is 0.372 e. The van der Waals surface area contributed by atoms with Crippen molar-refractivity contribution in [1.82, 2.24) is 0 Å². The number of esters is 1. The molecule has 1 rings (SSSR count). The number of carbonyl (C=O) groups is 1. The van der Waals surface area contributed by atoms with Crippen LogP contribution in [0.5, 0.6) is 0 Å². The fourth-order valence-corrected chi connectivity index (χ4v) is 2.05. The lowest BCUT2D eigenvalue weighted by Gasteiger charge is -2.36. The average Bonchev–Trinajstić information content (AvgIpc) is 2.26. The lowest BCUT2D eigenvalue weighted by molar-refractivity contribution is -0.141. The third-order valence-electron chi connectivity index (χ3n) is 3.05. The highest BCUT2D eigenvalue weighted by molar-refractivity contribution is 6.74. The largest absolute Gasteiger partial charge is 0.539 e. The standard InChI is InChI=1S/C11H20O3Si/c1-8-7-9(10(12)13-8)14-15(5,6)11(2,3)4/h7-8H,1-6H3. The molecule has 0 spiro atoms. The summed E-state index contributed by atoms with van der Waals surface area (Å²) in [5, 5.41) is 0.0972. The minimum absolute atomic E-state index is 0.0972. The van der Waals surface area contributed by atoms with Gasteiger partial charge < -0.3 is 9.16 Å². The van der Waals surface area contributed by atoms with E-state index in [2.05, 4.69) is 33.9 Å². The van der Waals surface area contributed by atoms with Gasteiger partial charge in [0.05, 0.1) is 0 Å². The van der Waals surface area contributed by atoms with Gasteiger partial charge in [-0.15, -0.1) is 0 Å². The van der Waals surface area contributed by atoms with Crippen LogP contribution in [0.15, 0.2) is 11.8 Å². The monoisotopic (exact) mass is 228 g/mol. The molecule has 0 aromatic carbocycles. The van der Waals surface area contributed by atoms with E-state index in [-0.39, 0.29) is 17.1 Å². The molecule has 0 radical (unpaired) electrons. The van der Waals surface area contributed by atoms with E-state index in [1.807, 2.05) is 6.92 Å². The van der Waals surface area contributed by atoms with Crippen LogP contribution in [0, 0.1) is 0 Å². The molecule has 1 heterocycles. The van der Waals surface area contributed by atoms with Crippen LogP contribution >= 0.6 is 0 Å². The molecule has 0 saturated carbocycles. The van der Waals surface area contributed by atoms with Gasteiger partial charge in [0.1, 0.15) is 6.10 Å². The molecule has 0 N–H and O–H groups in total. The Morgan fingerprint density at radius 3 is 2.27 bits per heavy atom. The first-order chi connectivity index (χ1) is 6.63. The van der Waals surface area contributed by atoms with Crippen molar-refractivity contribution in [3.8, 4) is 0 Å². The molecule has 0 aromatic rings. The summed E-state index contributed by atoms with van der Waals surface area (Å²) in [6.07, 6.45) is 1.60. The first-order valence-electron chi connectivity index (χ1n) is 5.25. The molecular weight excluding hydrogens is 208 g/mol. The van der Waals surface area contributed by atoms with Crippen molar-refractivity contribution in [2.45, 2.75) is 51.9 Å². The van der Waals surface area contributed by atoms with E-state index in [1.54, 1.807) is 6.08 Å². The van der Waals surface area contributed by atoms with E-state index >= 15 is 0 Å². The van der Waals surface area contributed by atoms with E-state index in [0.29, 0.717) is 5.76 Å². The summed E-state index contributed by atoms with van der Waals surface area (Å²) in [6, 6.07) is 0.